The fraction of sp³-hybridized carbons (Fsp3) is 0.417. The minimum atomic E-state index is -2.87. The molecule has 3 amide bonds. The number of rotatable bonds is 9. The monoisotopic (exact) mass is 485 g/mol. The van der Waals surface area contributed by atoms with Crippen LogP contribution >= 0.6 is 0 Å². The summed E-state index contributed by atoms with van der Waals surface area (Å²) >= 11 is 0. The van der Waals surface area contributed by atoms with Crippen LogP contribution in [0.1, 0.15) is 48.3 Å². The number of hydrogen-bond donors (Lipinski definition) is 4. The normalized spacial score (nSPS) is 15.2. The maximum Gasteiger partial charge on any atom is 0.320 e. The van der Waals surface area contributed by atoms with Gasteiger partial charge in [-0.15, -0.1) is 0 Å². The third-order valence-corrected chi connectivity index (χ3v) is 5.98. The maximum atomic E-state index is 14.2. The van der Waals surface area contributed by atoms with E-state index >= 15 is 0 Å². The average molecular weight is 486 g/mol. The van der Waals surface area contributed by atoms with E-state index in [1.54, 1.807) is 11.0 Å². The predicted octanol–water partition coefficient (Wildman–Crippen LogP) is 3.69. The summed E-state index contributed by atoms with van der Waals surface area (Å²) in [5.74, 6) is -3.16. The number of urea groups is 1. The molecule has 0 aliphatic carbocycles. The number of nitrogens with zero attached hydrogens (tertiary/aromatic N) is 3. The number of carbonyl (C=O) groups excluding carboxylic acids is 2. The quantitative estimate of drug-likeness (QED) is 0.369. The molecule has 1 fully saturated rings. The summed E-state index contributed by atoms with van der Waals surface area (Å²) in [5.41, 5.74) is 1.50. The number of likely N-dealkylation sites (tertiary alicyclic amines) is 1. The van der Waals surface area contributed by atoms with Gasteiger partial charge in [0.1, 0.15) is 5.82 Å². The van der Waals surface area contributed by atoms with Gasteiger partial charge in [0.15, 0.2) is 5.69 Å². The highest BCUT2D eigenvalue weighted by molar-refractivity contribution is 6.05. The Hall–Kier alpha value is -3.60. The highest BCUT2D eigenvalue weighted by atomic mass is 19.3. The van der Waals surface area contributed by atoms with Gasteiger partial charge in [0.2, 0.25) is 0 Å². The highest BCUT2D eigenvalue weighted by Crippen LogP contribution is 2.22. The topological polar surface area (TPSA) is 115 Å². The number of amides is 3. The lowest BCUT2D eigenvalue weighted by Gasteiger charge is -2.23. The number of aromatic amines is 1. The van der Waals surface area contributed by atoms with Crippen molar-refractivity contribution in [3.8, 4) is 0 Å². The van der Waals surface area contributed by atoms with Crippen molar-refractivity contribution in [3.05, 3.63) is 53.9 Å². The zero-order valence-electron chi connectivity index (χ0n) is 19.5. The fourth-order valence-corrected chi connectivity index (χ4v) is 4.12. The second kappa shape index (κ2) is 10.8. The number of benzene rings is 1. The Morgan fingerprint density at radius 3 is 2.69 bits per heavy atom. The Bertz CT molecular complexity index is 1160. The Labute approximate surface area is 201 Å². The van der Waals surface area contributed by atoms with E-state index in [4.69, 9.17) is 0 Å². The smallest absolute Gasteiger partial charge is 0.320 e. The molecule has 3 heterocycles. The molecule has 0 unspecified atom stereocenters. The summed E-state index contributed by atoms with van der Waals surface area (Å²) in [5, 5.41) is 15.2. The van der Waals surface area contributed by atoms with Gasteiger partial charge in [-0.3, -0.25) is 20.1 Å². The number of anilines is 1. The summed E-state index contributed by atoms with van der Waals surface area (Å²) < 4.78 is 28.4. The van der Waals surface area contributed by atoms with Crippen molar-refractivity contribution in [1.29, 1.82) is 0 Å². The molecule has 4 N–H and O–H groups in total. The van der Waals surface area contributed by atoms with Crippen LogP contribution in [0.4, 0.5) is 19.4 Å². The Morgan fingerprint density at radius 2 is 1.94 bits per heavy atom. The van der Waals surface area contributed by atoms with Crippen molar-refractivity contribution >= 4 is 28.7 Å². The van der Waals surface area contributed by atoms with Gasteiger partial charge in [-0.1, -0.05) is 30.3 Å². The zero-order chi connectivity index (χ0) is 24.8. The van der Waals surface area contributed by atoms with E-state index in [9.17, 15) is 18.4 Å². The number of aromatic nitrogens is 3. The minimum Gasteiger partial charge on any atom is -0.350 e. The van der Waals surface area contributed by atoms with Crippen LogP contribution in [0, 0.1) is 0 Å². The second-order valence-corrected chi connectivity index (χ2v) is 8.76. The lowest BCUT2D eigenvalue weighted by atomic mass is 10.1. The lowest BCUT2D eigenvalue weighted by molar-refractivity contribution is -0.0333. The van der Waals surface area contributed by atoms with Crippen LogP contribution in [0.15, 0.2) is 42.6 Å². The molecule has 35 heavy (non-hydrogen) atoms. The Kier molecular flexibility index (Phi) is 7.54. The van der Waals surface area contributed by atoms with Gasteiger partial charge in [0.25, 0.3) is 11.8 Å². The van der Waals surface area contributed by atoms with E-state index in [0.717, 1.165) is 18.4 Å². The summed E-state index contributed by atoms with van der Waals surface area (Å²) in [6.07, 6.45) is 2.86. The van der Waals surface area contributed by atoms with E-state index in [-0.39, 0.29) is 30.6 Å². The van der Waals surface area contributed by atoms with Crippen LogP contribution in [0.5, 0.6) is 0 Å². The summed E-state index contributed by atoms with van der Waals surface area (Å²) in [6, 6.07) is 10.4. The number of hydrogen-bond acceptors (Lipinski definition) is 5. The largest absolute Gasteiger partial charge is 0.350 e. The Morgan fingerprint density at radius 1 is 1.20 bits per heavy atom. The van der Waals surface area contributed by atoms with Gasteiger partial charge in [0.05, 0.1) is 23.5 Å². The number of alkyl halides is 2. The molecule has 1 aliphatic heterocycles. The van der Waals surface area contributed by atoms with Crippen LogP contribution in [-0.4, -0.2) is 64.1 Å². The van der Waals surface area contributed by atoms with Crippen molar-refractivity contribution < 1.29 is 18.4 Å². The molecule has 11 heteroatoms. The number of carbonyl (C=O) groups is 2. The molecule has 9 nitrogen and oxygen atoms in total. The van der Waals surface area contributed by atoms with Crippen LogP contribution in [-0.2, 0) is 0 Å². The van der Waals surface area contributed by atoms with Crippen molar-refractivity contribution in [2.45, 2.75) is 38.2 Å². The van der Waals surface area contributed by atoms with Gasteiger partial charge >= 0.3 is 6.03 Å². The number of fused-ring (bicyclic) bond motifs is 1. The standard InChI is InChI=1S/C24H29F2N7O2/c1-16(17-7-3-2-4-8-17)29-23(35)30-20-13-19-18(14-28-20)21(32-31-19)22(34)27-10-9-24(25,26)15-33-11-5-6-12-33/h2-4,7-8,13-14,16H,5-6,9-12,15H2,1H3,(H,27,34)(H,31,32)(H2,28,29,30,35)/t16-/m1/s1. The molecule has 2 aromatic heterocycles. The molecule has 3 aromatic rings. The SMILES string of the molecule is C[C@@H](NC(=O)Nc1cc2[nH]nc(C(=O)NCCC(F)(F)CN3CCCC3)c2cn1)c1ccccc1. The van der Waals surface area contributed by atoms with Crippen LogP contribution < -0.4 is 16.0 Å². The maximum absolute atomic E-state index is 14.2. The fourth-order valence-electron chi connectivity index (χ4n) is 4.12. The van der Waals surface area contributed by atoms with Crippen LogP contribution in [0.25, 0.3) is 10.9 Å². The first-order valence-corrected chi connectivity index (χ1v) is 11.7. The van der Waals surface area contributed by atoms with Crippen LogP contribution in [0.3, 0.4) is 0 Å². The third-order valence-electron chi connectivity index (χ3n) is 5.98. The predicted molar refractivity (Wildman–Crippen MR) is 128 cm³/mol. The molecule has 1 aliphatic rings. The van der Waals surface area contributed by atoms with Gasteiger partial charge < -0.3 is 10.6 Å². The van der Waals surface area contributed by atoms with E-state index in [1.807, 2.05) is 37.3 Å². The number of pyridine rings is 1. The molecular weight excluding hydrogens is 456 g/mol. The van der Waals surface area contributed by atoms with E-state index in [2.05, 4.69) is 31.1 Å². The summed E-state index contributed by atoms with van der Waals surface area (Å²) in [4.78, 5) is 30.8. The first kappa shape index (κ1) is 24.5. The number of H-pyrrole nitrogens is 1. The minimum absolute atomic E-state index is 0.0593. The Balaban J connectivity index is 1.30. The molecule has 1 atom stereocenters. The molecule has 1 saturated heterocycles. The number of nitrogens with one attached hydrogen (secondary N) is 4. The second-order valence-electron chi connectivity index (χ2n) is 8.76. The molecule has 4 rings (SSSR count). The zero-order valence-corrected chi connectivity index (χ0v) is 19.5. The van der Waals surface area contributed by atoms with Crippen molar-refractivity contribution in [1.82, 2.24) is 30.7 Å². The van der Waals surface area contributed by atoms with E-state index < -0.39 is 24.3 Å². The van der Waals surface area contributed by atoms with Crippen LogP contribution in [0.2, 0.25) is 0 Å². The van der Waals surface area contributed by atoms with Gasteiger partial charge in [-0.25, -0.2) is 18.6 Å². The molecular formula is C24H29F2N7O2. The van der Waals surface area contributed by atoms with Crippen molar-refractivity contribution in [3.63, 3.8) is 0 Å². The number of halogens is 2. The molecule has 0 spiro atoms. The summed E-state index contributed by atoms with van der Waals surface area (Å²) in [6.45, 7) is 2.80. The molecule has 0 radical (unpaired) electrons. The van der Waals surface area contributed by atoms with Gasteiger partial charge in [0, 0.05) is 25.2 Å². The summed E-state index contributed by atoms with van der Waals surface area (Å²) in [7, 11) is 0. The molecule has 0 saturated carbocycles. The third kappa shape index (κ3) is 6.50. The highest BCUT2D eigenvalue weighted by Gasteiger charge is 2.32. The first-order valence-electron chi connectivity index (χ1n) is 11.7. The van der Waals surface area contributed by atoms with Crippen molar-refractivity contribution in [2.75, 3.05) is 31.5 Å². The molecule has 186 valence electrons. The van der Waals surface area contributed by atoms with Crippen molar-refractivity contribution in [2.24, 2.45) is 0 Å². The van der Waals surface area contributed by atoms with E-state index in [1.165, 1.54) is 6.20 Å². The van der Waals surface area contributed by atoms with Gasteiger partial charge in [-0.05, 0) is 38.4 Å². The molecule has 0 bridgehead atoms. The first-order chi connectivity index (χ1) is 16.8. The van der Waals surface area contributed by atoms with E-state index in [0.29, 0.717) is 24.0 Å². The molecule has 1 aromatic carbocycles. The van der Waals surface area contributed by atoms with Gasteiger partial charge in [-0.2, -0.15) is 5.10 Å². The average Bonchev–Trinajstić information content (AvgIpc) is 3.48. The lowest BCUT2D eigenvalue weighted by Crippen LogP contribution is -2.38.